The van der Waals surface area contributed by atoms with E-state index >= 15 is 0 Å². The van der Waals surface area contributed by atoms with E-state index in [9.17, 15) is 5.11 Å². The highest BCUT2D eigenvalue weighted by Crippen LogP contribution is 2.33. The Kier molecular flexibility index (Phi) is 3.72. The van der Waals surface area contributed by atoms with Crippen LogP contribution in [0.25, 0.3) is 0 Å². The van der Waals surface area contributed by atoms with E-state index in [4.69, 9.17) is 0 Å². The number of piperidine rings is 1. The maximum Gasteiger partial charge on any atom is 0.0523 e. The summed E-state index contributed by atoms with van der Waals surface area (Å²) in [5.41, 5.74) is 2.42. The van der Waals surface area contributed by atoms with Gasteiger partial charge in [-0.2, -0.15) is 0 Å². The lowest BCUT2D eigenvalue weighted by Crippen LogP contribution is -2.33. The third-order valence-corrected chi connectivity index (χ3v) is 3.73. The van der Waals surface area contributed by atoms with Gasteiger partial charge in [0.05, 0.1) is 6.61 Å². The van der Waals surface area contributed by atoms with Crippen LogP contribution >= 0.6 is 0 Å². The first-order valence-corrected chi connectivity index (χ1v) is 6.60. The molecule has 1 aromatic rings. The van der Waals surface area contributed by atoms with Crippen LogP contribution in [0.5, 0.6) is 0 Å². The normalized spacial score (nSPS) is 17.2. The van der Waals surface area contributed by atoms with Gasteiger partial charge in [0.1, 0.15) is 0 Å². The van der Waals surface area contributed by atoms with Crippen molar-refractivity contribution < 1.29 is 5.11 Å². The van der Waals surface area contributed by atoms with Gasteiger partial charge in [-0.1, -0.05) is 32.0 Å². The van der Waals surface area contributed by atoms with Crippen LogP contribution in [0.4, 0.5) is 5.69 Å². The number of hydrogen-bond acceptors (Lipinski definition) is 2. The standard InChI is InChI=1S/C15H23NO/c1-15(2,12-17)13-8-4-5-9-14(13)16-10-6-3-7-11-16/h4-5,8-9,17H,3,6-7,10-12H2,1-2H3. The molecule has 1 fully saturated rings. The van der Waals surface area contributed by atoms with Crippen molar-refractivity contribution in [2.24, 2.45) is 0 Å². The first-order valence-electron chi connectivity index (χ1n) is 6.60. The van der Waals surface area contributed by atoms with E-state index in [1.807, 2.05) is 0 Å². The van der Waals surface area contributed by atoms with Crippen LogP contribution in [0.3, 0.4) is 0 Å². The van der Waals surface area contributed by atoms with Crippen LogP contribution in [-0.2, 0) is 5.41 Å². The molecule has 2 heteroatoms. The van der Waals surface area contributed by atoms with E-state index in [1.165, 1.54) is 30.5 Å². The minimum absolute atomic E-state index is 0.159. The summed E-state index contributed by atoms with van der Waals surface area (Å²) in [4.78, 5) is 2.47. The second-order valence-electron chi connectivity index (χ2n) is 5.61. The summed E-state index contributed by atoms with van der Waals surface area (Å²) in [5, 5.41) is 9.55. The maximum atomic E-state index is 9.55. The number of rotatable bonds is 3. The zero-order chi connectivity index (χ0) is 12.3. The Hall–Kier alpha value is -1.02. The van der Waals surface area contributed by atoms with Crippen LogP contribution < -0.4 is 4.90 Å². The molecule has 1 saturated heterocycles. The summed E-state index contributed by atoms with van der Waals surface area (Å²) in [6.45, 7) is 6.71. The first kappa shape index (κ1) is 12.4. The number of hydrogen-bond donors (Lipinski definition) is 1. The Labute approximate surface area is 104 Å². The first-order chi connectivity index (χ1) is 8.15. The highest BCUT2D eigenvalue weighted by atomic mass is 16.3. The second kappa shape index (κ2) is 5.09. The van der Waals surface area contributed by atoms with E-state index in [0.29, 0.717) is 0 Å². The molecule has 1 aromatic carbocycles. The molecule has 1 aliphatic rings. The zero-order valence-electron chi connectivity index (χ0n) is 10.9. The van der Waals surface area contributed by atoms with Crippen molar-refractivity contribution in [1.82, 2.24) is 0 Å². The van der Waals surface area contributed by atoms with Crippen LogP contribution in [0.15, 0.2) is 24.3 Å². The minimum Gasteiger partial charge on any atom is -0.395 e. The lowest BCUT2D eigenvalue weighted by molar-refractivity contribution is 0.218. The molecule has 0 aromatic heterocycles. The van der Waals surface area contributed by atoms with Crippen LogP contribution in [0, 0.1) is 0 Å². The highest BCUT2D eigenvalue weighted by molar-refractivity contribution is 5.56. The molecule has 17 heavy (non-hydrogen) atoms. The maximum absolute atomic E-state index is 9.55. The quantitative estimate of drug-likeness (QED) is 0.867. The Balaban J connectivity index is 2.33. The third-order valence-electron chi connectivity index (χ3n) is 3.73. The van der Waals surface area contributed by atoms with E-state index < -0.39 is 0 Å². The van der Waals surface area contributed by atoms with Gasteiger partial charge in [0.2, 0.25) is 0 Å². The Bertz CT molecular complexity index is 367. The molecule has 0 amide bonds. The summed E-state index contributed by atoms with van der Waals surface area (Å²) < 4.78 is 0. The fourth-order valence-electron chi connectivity index (χ4n) is 2.54. The Morgan fingerprint density at radius 2 is 1.76 bits per heavy atom. The van der Waals surface area contributed by atoms with E-state index in [0.717, 1.165) is 13.1 Å². The third kappa shape index (κ3) is 2.63. The van der Waals surface area contributed by atoms with Crippen LogP contribution in [0.2, 0.25) is 0 Å². The molecule has 0 bridgehead atoms. The Morgan fingerprint density at radius 3 is 2.41 bits per heavy atom. The predicted molar refractivity (Wildman–Crippen MR) is 72.6 cm³/mol. The molecule has 1 aliphatic heterocycles. The van der Waals surface area contributed by atoms with Gasteiger partial charge in [0, 0.05) is 24.2 Å². The highest BCUT2D eigenvalue weighted by Gasteiger charge is 2.25. The van der Waals surface area contributed by atoms with Crippen molar-refractivity contribution in [3.63, 3.8) is 0 Å². The van der Waals surface area contributed by atoms with Gasteiger partial charge >= 0.3 is 0 Å². The van der Waals surface area contributed by atoms with Gasteiger partial charge in [-0.15, -0.1) is 0 Å². The molecular formula is C15H23NO. The predicted octanol–water partition coefficient (Wildman–Crippen LogP) is 2.95. The van der Waals surface area contributed by atoms with Gasteiger partial charge in [-0.05, 0) is 30.9 Å². The second-order valence-corrected chi connectivity index (χ2v) is 5.61. The smallest absolute Gasteiger partial charge is 0.0523 e. The number of aliphatic hydroxyl groups is 1. The topological polar surface area (TPSA) is 23.5 Å². The molecule has 1 N–H and O–H groups in total. The van der Waals surface area contributed by atoms with E-state index in [2.05, 4.69) is 43.0 Å². The number of aliphatic hydroxyl groups excluding tert-OH is 1. The molecule has 94 valence electrons. The molecule has 2 nitrogen and oxygen atoms in total. The van der Waals surface area contributed by atoms with Crippen molar-refractivity contribution in [1.29, 1.82) is 0 Å². The SMILES string of the molecule is CC(C)(CO)c1ccccc1N1CCCCC1. The lowest BCUT2D eigenvalue weighted by Gasteiger charge is -2.34. The van der Waals surface area contributed by atoms with Gasteiger partial charge in [0.15, 0.2) is 0 Å². The molecule has 0 radical (unpaired) electrons. The summed E-state index contributed by atoms with van der Waals surface area (Å²) in [5.74, 6) is 0. The van der Waals surface area contributed by atoms with Gasteiger partial charge in [-0.25, -0.2) is 0 Å². The molecule has 0 aliphatic carbocycles. The number of anilines is 1. The van der Waals surface area contributed by atoms with Crippen LogP contribution in [-0.4, -0.2) is 24.8 Å². The minimum atomic E-state index is -0.159. The van der Waals surface area contributed by atoms with Crippen molar-refractivity contribution in [3.8, 4) is 0 Å². The van der Waals surface area contributed by atoms with Gasteiger partial charge < -0.3 is 10.0 Å². The van der Waals surface area contributed by atoms with Gasteiger partial charge in [0.25, 0.3) is 0 Å². The summed E-state index contributed by atoms with van der Waals surface area (Å²) in [6, 6.07) is 8.51. The number of nitrogens with zero attached hydrogens (tertiary/aromatic N) is 1. The lowest BCUT2D eigenvalue weighted by atomic mass is 9.84. The molecule has 0 saturated carbocycles. The van der Waals surface area contributed by atoms with Crippen molar-refractivity contribution in [3.05, 3.63) is 29.8 Å². The van der Waals surface area contributed by atoms with E-state index in [-0.39, 0.29) is 12.0 Å². The average Bonchev–Trinajstić information content (AvgIpc) is 2.40. The molecule has 1 heterocycles. The average molecular weight is 233 g/mol. The summed E-state index contributed by atoms with van der Waals surface area (Å²) >= 11 is 0. The number of para-hydroxylation sites is 1. The van der Waals surface area contributed by atoms with Crippen molar-refractivity contribution >= 4 is 5.69 Å². The molecule has 0 unspecified atom stereocenters. The van der Waals surface area contributed by atoms with E-state index in [1.54, 1.807) is 0 Å². The fraction of sp³-hybridized carbons (Fsp3) is 0.600. The molecular weight excluding hydrogens is 210 g/mol. The van der Waals surface area contributed by atoms with Crippen molar-refractivity contribution in [2.45, 2.75) is 38.5 Å². The number of benzene rings is 1. The fourth-order valence-corrected chi connectivity index (χ4v) is 2.54. The molecule has 0 spiro atoms. The summed E-state index contributed by atoms with van der Waals surface area (Å²) in [7, 11) is 0. The monoisotopic (exact) mass is 233 g/mol. The zero-order valence-corrected chi connectivity index (χ0v) is 10.9. The molecule has 2 rings (SSSR count). The Morgan fingerprint density at radius 1 is 1.12 bits per heavy atom. The van der Waals surface area contributed by atoms with Crippen LogP contribution in [0.1, 0.15) is 38.7 Å². The van der Waals surface area contributed by atoms with Crippen molar-refractivity contribution in [2.75, 3.05) is 24.6 Å². The summed E-state index contributed by atoms with van der Waals surface area (Å²) in [6.07, 6.45) is 3.92. The largest absolute Gasteiger partial charge is 0.395 e. The van der Waals surface area contributed by atoms with Gasteiger partial charge in [-0.3, -0.25) is 0 Å². The molecule has 0 atom stereocenters.